The number of aromatic nitrogens is 3. The van der Waals surface area contributed by atoms with Crippen molar-refractivity contribution >= 4 is 17.4 Å². The third-order valence-corrected chi connectivity index (χ3v) is 2.63. The van der Waals surface area contributed by atoms with Gasteiger partial charge in [0.1, 0.15) is 11.4 Å². The molecule has 0 bridgehead atoms. The summed E-state index contributed by atoms with van der Waals surface area (Å²) in [4.78, 5) is 14.6. The molecule has 0 fully saturated rings. The lowest BCUT2D eigenvalue weighted by molar-refractivity contribution is -0.120. The molecule has 2 heterocycles. The number of H-pyrrole nitrogens is 1. The van der Waals surface area contributed by atoms with Crippen molar-refractivity contribution in [1.29, 1.82) is 0 Å². The largest absolute Gasteiger partial charge is 0.429 e. The van der Waals surface area contributed by atoms with E-state index >= 15 is 0 Å². The van der Waals surface area contributed by atoms with Gasteiger partial charge in [0, 0.05) is 11.6 Å². The highest BCUT2D eigenvalue weighted by Gasteiger charge is 2.09. The maximum atomic E-state index is 10.3. The summed E-state index contributed by atoms with van der Waals surface area (Å²) in [5.74, 6) is 0.482. The number of nitrogens with zero attached hydrogens (tertiary/aromatic N) is 2. The lowest BCUT2D eigenvalue weighted by Gasteiger charge is -1.99. The van der Waals surface area contributed by atoms with E-state index in [1.807, 2.05) is 24.3 Å². The maximum Gasteiger partial charge on any atom is 0.298 e. The van der Waals surface area contributed by atoms with Crippen molar-refractivity contribution < 1.29 is 9.53 Å². The van der Waals surface area contributed by atoms with E-state index in [2.05, 4.69) is 15.2 Å². The summed E-state index contributed by atoms with van der Waals surface area (Å²) in [6.45, 7) is 0.404. The summed E-state index contributed by atoms with van der Waals surface area (Å²) in [6.07, 6.45) is 1.71. The first-order chi connectivity index (χ1) is 8.88. The molecular formula is C13H9N3O2. The number of hydrogen-bond acceptors (Lipinski definition) is 4. The minimum Gasteiger partial charge on any atom is -0.429 e. The Hall–Kier alpha value is -2.69. The molecule has 1 aromatic carbocycles. The second-order valence-corrected chi connectivity index (χ2v) is 3.71. The highest BCUT2D eigenvalue weighted by Crippen LogP contribution is 2.27. The molecule has 0 aliphatic carbocycles. The fourth-order valence-corrected chi connectivity index (χ4v) is 1.82. The van der Waals surface area contributed by atoms with Gasteiger partial charge in [-0.3, -0.25) is 14.9 Å². The SMILES string of the molecule is O=COc1ccc2[nH]nc(-c3ccccn3)c2c1. The van der Waals surface area contributed by atoms with Gasteiger partial charge in [-0.25, -0.2) is 0 Å². The van der Waals surface area contributed by atoms with Crippen molar-refractivity contribution in [3.63, 3.8) is 0 Å². The molecule has 88 valence electrons. The Morgan fingerprint density at radius 1 is 1.22 bits per heavy atom. The quantitative estimate of drug-likeness (QED) is 0.711. The third kappa shape index (κ3) is 1.71. The van der Waals surface area contributed by atoms with Crippen LogP contribution in [0.3, 0.4) is 0 Å². The predicted molar refractivity (Wildman–Crippen MR) is 66.0 cm³/mol. The number of nitrogens with one attached hydrogen (secondary N) is 1. The van der Waals surface area contributed by atoms with E-state index in [0.717, 1.165) is 22.3 Å². The highest BCUT2D eigenvalue weighted by molar-refractivity contribution is 5.92. The van der Waals surface area contributed by atoms with Crippen LogP contribution in [0.15, 0.2) is 42.6 Å². The zero-order valence-electron chi connectivity index (χ0n) is 9.33. The lowest BCUT2D eigenvalue weighted by Crippen LogP contribution is -1.88. The van der Waals surface area contributed by atoms with E-state index in [1.165, 1.54) is 0 Å². The normalized spacial score (nSPS) is 10.4. The molecule has 18 heavy (non-hydrogen) atoms. The molecule has 0 amide bonds. The Morgan fingerprint density at radius 3 is 2.94 bits per heavy atom. The number of aromatic amines is 1. The standard InChI is InChI=1S/C13H9N3O2/c17-8-18-9-4-5-11-10(7-9)13(16-15-11)12-3-1-2-6-14-12/h1-8H,(H,15,16). The summed E-state index contributed by atoms with van der Waals surface area (Å²) in [5.41, 5.74) is 2.38. The fourth-order valence-electron chi connectivity index (χ4n) is 1.82. The van der Waals surface area contributed by atoms with Crippen molar-refractivity contribution in [2.45, 2.75) is 0 Å². The Bertz CT molecular complexity index is 692. The van der Waals surface area contributed by atoms with Crippen molar-refractivity contribution in [3.8, 4) is 17.1 Å². The number of rotatable bonds is 3. The molecule has 0 spiro atoms. The number of carbonyl (C=O) groups is 1. The van der Waals surface area contributed by atoms with Gasteiger partial charge in [-0.1, -0.05) is 6.07 Å². The van der Waals surface area contributed by atoms with Crippen molar-refractivity contribution in [2.24, 2.45) is 0 Å². The molecule has 1 N–H and O–H groups in total. The van der Waals surface area contributed by atoms with E-state index in [0.29, 0.717) is 12.2 Å². The zero-order valence-corrected chi connectivity index (χ0v) is 9.33. The number of carbonyl (C=O) groups excluding carboxylic acids is 1. The first-order valence-electron chi connectivity index (χ1n) is 5.38. The van der Waals surface area contributed by atoms with Crippen LogP contribution in [0.2, 0.25) is 0 Å². The Kier molecular flexibility index (Phi) is 2.49. The van der Waals surface area contributed by atoms with Crippen LogP contribution in [0.1, 0.15) is 0 Å². The van der Waals surface area contributed by atoms with Gasteiger partial charge in [0.15, 0.2) is 0 Å². The van der Waals surface area contributed by atoms with Gasteiger partial charge in [0.25, 0.3) is 6.47 Å². The molecule has 0 aliphatic heterocycles. The highest BCUT2D eigenvalue weighted by atomic mass is 16.5. The van der Waals surface area contributed by atoms with Gasteiger partial charge in [-0.2, -0.15) is 5.10 Å². The molecule has 0 saturated carbocycles. The first-order valence-corrected chi connectivity index (χ1v) is 5.38. The monoisotopic (exact) mass is 239 g/mol. The minimum absolute atomic E-state index is 0.404. The van der Waals surface area contributed by atoms with E-state index in [-0.39, 0.29) is 0 Å². The molecule has 0 saturated heterocycles. The second-order valence-electron chi connectivity index (χ2n) is 3.71. The van der Waals surface area contributed by atoms with E-state index in [9.17, 15) is 4.79 Å². The molecule has 2 aromatic heterocycles. The van der Waals surface area contributed by atoms with Crippen LogP contribution >= 0.6 is 0 Å². The van der Waals surface area contributed by atoms with Crippen molar-refractivity contribution in [1.82, 2.24) is 15.2 Å². The Morgan fingerprint density at radius 2 is 2.17 bits per heavy atom. The topological polar surface area (TPSA) is 67.9 Å². The summed E-state index contributed by atoms with van der Waals surface area (Å²) in [7, 11) is 0. The third-order valence-electron chi connectivity index (χ3n) is 2.63. The first kappa shape index (κ1) is 10.5. The van der Waals surface area contributed by atoms with Crippen LogP contribution in [-0.2, 0) is 4.79 Å². The predicted octanol–water partition coefficient (Wildman–Crippen LogP) is 2.16. The zero-order chi connectivity index (χ0) is 12.4. The molecule has 3 rings (SSSR count). The molecule has 0 atom stereocenters. The summed E-state index contributed by atoms with van der Waals surface area (Å²) in [5, 5.41) is 8.03. The van der Waals surface area contributed by atoms with Gasteiger partial charge in [-0.15, -0.1) is 0 Å². The smallest absolute Gasteiger partial charge is 0.298 e. The second kappa shape index (κ2) is 4.29. The van der Waals surface area contributed by atoms with E-state index in [1.54, 1.807) is 18.3 Å². The number of pyridine rings is 1. The summed E-state index contributed by atoms with van der Waals surface area (Å²) in [6, 6.07) is 10.9. The number of ether oxygens (including phenoxy) is 1. The van der Waals surface area contributed by atoms with Gasteiger partial charge < -0.3 is 4.74 Å². The van der Waals surface area contributed by atoms with Crippen molar-refractivity contribution in [2.75, 3.05) is 0 Å². The maximum absolute atomic E-state index is 10.3. The molecule has 5 nitrogen and oxygen atoms in total. The van der Waals surface area contributed by atoms with Gasteiger partial charge in [0.05, 0.1) is 11.2 Å². The van der Waals surface area contributed by atoms with Crippen LogP contribution in [0.25, 0.3) is 22.3 Å². The fraction of sp³-hybridized carbons (Fsp3) is 0. The number of hydrogen-bond donors (Lipinski definition) is 1. The Labute approximate surface area is 102 Å². The summed E-state index contributed by atoms with van der Waals surface area (Å²) < 4.78 is 4.83. The van der Waals surface area contributed by atoms with Crippen molar-refractivity contribution in [3.05, 3.63) is 42.6 Å². The average molecular weight is 239 g/mol. The van der Waals surface area contributed by atoms with Gasteiger partial charge in [-0.05, 0) is 30.3 Å². The van der Waals surface area contributed by atoms with E-state index < -0.39 is 0 Å². The molecular weight excluding hydrogens is 230 g/mol. The van der Waals surface area contributed by atoms with Crippen LogP contribution in [0.4, 0.5) is 0 Å². The lowest BCUT2D eigenvalue weighted by atomic mass is 10.1. The molecule has 0 unspecified atom stereocenters. The van der Waals surface area contributed by atoms with Crippen LogP contribution in [0, 0.1) is 0 Å². The van der Waals surface area contributed by atoms with Crippen LogP contribution in [0.5, 0.6) is 5.75 Å². The Balaban J connectivity index is 2.18. The average Bonchev–Trinajstić information content (AvgIpc) is 2.83. The van der Waals surface area contributed by atoms with Crippen LogP contribution in [-0.4, -0.2) is 21.7 Å². The molecule has 5 heteroatoms. The minimum atomic E-state index is 0.404. The van der Waals surface area contributed by atoms with Gasteiger partial charge in [0.2, 0.25) is 0 Å². The number of benzene rings is 1. The van der Waals surface area contributed by atoms with E-state index in [4.69, 9.17) is 4.74 Å². The van der Waals surface area contributed by atoms with Crippen LogP contribution < -0.4 is 4.74 Å². The van der Waals surface area contributed by atoms with Gasteiger partial charge >= 0.3 is 0 Å². The molecule has 3 aromatic rings. The molecule has 0 aliphatic rings. The number of fused-ring (bicyclic) bond motifs is 1. The summed E-state index contributed by atoms with van der Waals surface area (Å²) >= 11 is 0. The molecule has 0 radical (unpaired) electrons.